The van der Waals surface area contributed by atoms with E-state index in [0.717, 1.165) is 43.0 Å². The summed E-state index contributed by atoms with van der Waals surface area (Å²) >= 11 is 3.57. The average Bonchev–Trinajstić information content (AvgIpc) is 2.93. The summed E-state index contributed by atoms with van der Waals surface area (Å²) in [7, 11) is 0. The van der Waals surface area contributed by atoms with E-state index in [4.69, 9.17) is 0 Å². The summed E-state index contributed by atoms with van der Waals surface area (Å²) < 4.78 is 1.08. The van der Waals surface area contributed by atoms with Crippen LogP contribution in [0, 0.1) is 28.6 Å². The molecule has 0 heterocycles. The van der Waals surface area contributed by atoms with E-state index < -0.39 is 0 Å². The molecule has 1 aromatic carbocycles. The second kappa shape index (κ2) is 7.07. The second-order valence-electron chi connectivity index (χ2n) is 10.6. The number of benzene rings is 1. The van der Waals surface area contributed by atoms with E-state index in [9.17, 15) is 10.2 Å². The fraction of sp³-hybridized carbons (Fsp3) is 0.615. The Morgan fingerprint density at radius 3 is 2.69 bits per heavy atom. The Morgan fingerprint density at radius 2 is 1.90 bits per heavy atom. The molecule has 29 heavy (non-hydrogen) atoms. The minimum absolute atomic E-state index is 0.00506. The Bertz CT molecular complexity index is 873. The fourth-order valence-electron chi connectivity index (χ4n) is 7.45. The number of allylic oxidation sites excluding steroid dienone is 1. The summed E-state index contributed by atoms with van der Waals surface area (Å²) in [6, 6.07) is 8.37. The van der Waals surface area contributed by atoms with Gasteiger partial charge in [-0.15, -0.1) is 0 Å². The molecular weight excluding hydrogens is 424 g/mol. The zero-order chi connectivity index (χ0) is 20.4. The monoisotopic (exact) mass is 456 g/mol. The van der Waals surface area contributed by atoms with Crippen LogP contribution in [0.5, 0.6) is 0 Å². The SMILES string of the molecule is C[C@]12CC[C@@H]3[C@H](CC=C4C[C@@H](O)CC[C@@]43C)[C@H]1C/C(=C/c1cccc(Br)c1)[C@@H]2O. The topological polar surface area (TPSA) is 40.5 Å². The lowest BCUT2D eigenvalue weighted by molar-refractivity contribution is -0.0685. The van der Waals surface area contributed by atoms with Crippen LogP contribution >= 0.6 is 15.9 Å². The van der Waals surface area contributed by atoms with Crippen molar-refractivity contribution in [3.8, 4) is 0 Å². The quantitative estimate of drug-likeness (QED) is 0.499. The lowest BCUT2D eigenvalue weighted by Crippen LogP contribution is -2.51. The van der Waals surface area contributed by atoms with Gasteiger partial charge in [0.05, 0.1) is 12.2 Å². The lowest BCUT2D eigenvalue weighted by Gasteiger charge is -2.57. The largest absolute Gasteiger partial charge is 0.393 e. The van der Waals surface area contributed by atoms with Crippen LogP contribution in [-0.4, -0.2) is 22.4 Å². The van der Waals surface area contributed by atoms with Crippen LogP contribution in [0.3, 0.4) is 0 Å². The number of hydrogen-bond donors (Lipinski definition) is 2. The maximum Gasteiger partial charge on any atom is 0.0809 e. The van der Waals surface area contributed by atoms with Gasteiger partial charge in [-0.05, 0) is 91.4 Å². The molecular formula is C26H33BrO2. The van der Waals surface area contributed by atoms with Gasteiger partial charge < -0.3 is 10.2 Å². The zero-order valence-corrected chi connectivity index (χ0v) is 19.2. The number of aliphatic hydroxyl groups excluding tert-OH is 2. The molecule has 7 atom stereocenters. The van der Waals surface area contributed by atoms with Crippen molar-refractivity contribution < 1.29 is 10.2 Å². The number of halogens is 1. The van der Waals surface area contributed by atoms with E-state index in [1.54, 1.807) is 0 Å². The summed E-state index contributed by atoms with van der Waals surface area (Å²) in [5, 5.41) is 21.6. The van der Waals surface area contributed by atoms with Crippen LogP contribution in [0.2, 0.25) is 0 Å². The lowest BCUT2D eigenvalue weighted by atomic mass is 9.48. The van der Waals surface area contributed by atoms with E-state index in [-0.39, 0.29) is 23.0 Å². The van der Waals surface area contributed by atoms with Crippen molar-refractivity contribution in [2.45, 2.75) is 71.0 Å². The molecule has 2 nitrogen and oxygen atoms in total. The summed E-state index contributed by atoms with van der Waals surface area (Å²) in [5.74, 6) is 1.91. The van der Waals surface area contributed by atoms with Crippen LogP contribution in [0.4, 0.5) is 0 Å². The molecule has 3 heteroatoms. The molecule has 0 spiro atoms. The van der Waals surface area contributed by atoms with Crippen molar-refractivity contribution in [1.82, 2.24) is 0 Å². The van der Waals surface area contributed by atoms with E-state index >= 15 is 0 Å². The summed E-state index contributed by atoms with van der Waals surface area (Å²) in [6.07, 6.45) is 11.6. The molecule has 3 saturated carbocycles. The highest BCUT2D eigenvalue weighted by Crippen LogP contribution is 2.65. The van der Waals surface area contributed by atoms with Crippen LogP contribution in [0.15, 0.2) is 46.0 Å². The maximum absolute atomic E-state index is 11.4. The molecule has 4 aliphatic carbocycles. The van der Waals surface area contributed by atoms with E-state index in [1.807, 2.05) is 6.07 Å². The average molecular weight is 457 g/mol. The summed E-state index contributed by atoms with van der Waals surface area (Å²) in [5.41, 5.74) is 4.16. The molecule has 0 saturated heterocycles. The molecule has 0 amide bonds. The number of fused-ring (bicyclic) bond motifs is 5. The smallest absolute Gasteiger partial charge is 0.0809 e. The number of hydrogen-bond acceptors (Lipinski definition) is 2. The minimum atomic E-state index is -0.334. The molecule has 0 radical (unpaired) electrons. The molecule has 0 aromatic heterocycles. The van der Waals surface area contributed by atoms with Gasteiger partial charge in [0.25, 0.3) is 0 Å². The van der Waals surface area contributed by atoms with Gasteiger partial charge in [0.1, 0.15) is 0 Å². The molecule has 156 valence electrons. The van der Waals surface area contributed by atoms with Crippen molar-refractivity contribution in [1.29, 1.82) is 0 Å². The van der Waals surface area contributed by atoms with Gasteiger partial charge in [0.2, 0.25) is 0 Å². The third-order valence-corrected chi connectivity index (χ3v) is 9.64. The highest BCUT2D eigenvalue weighted by molar-refractivity contribution is 9.10. The van der Waals surface area contributed by atoms with Gasteiger partial charge in [-0.2, -0.15) is 0 Å². The Labute approximate surface area is 183 Å². The predicted molar refractivity (Wildman–Crippen MR) is 121 cm³/mol. The van der Waals surface area contributed by atoms with Crippen molar-refractivity contribution in [2.24, 2.45) is 28.6 Å². The van der Waals surface area contributed by atoms with Gasteiger partial charge >= 0.3 is 0 Å². The molecule has 1 aromatic rings. The van der Waals surface area contributed by atoms with Gasteiger partial charge in [-0.3, -0.25) is 0 Å². The highest BCUT2D eigenvalue weighted by Gasteiger charge is 2.59. The van der Waals surface area contributed by atoms with E-state index in [1.165, 1.54) is 23.1 Å². The van der Waals surface area contributed by atoms with Gasteiger partial charge in [-0.1, -0.05) is 59.6 Å². The van der Waals surface area contributed by atoms with Crippen molar-refractivity contribution in [3.05, 3.63) is 51.5 Å². The highest BCUT2D eigenvalue weighted by atomic mass is 79.9. The minimum Gasteiger partial charge on any atom is -0.393 e. The second-order valence-corrected chi connectivity index (χ2v) is 11.5. The first-order valence-electron chi connectivity index (χ1n) is 11.3. The van der Waals surface area contributed by atoms with Crippen molar-refractivity contribution in [3.63, 3.8) is 0 Å². The Hall–Kier alpha value is -0.900. The van der Waals surface area contributed by atoms with E-state index in [0.29, 0.717) is 17.8 Å². The van der Waals surface area contributed by atoms with Gasteiger partial charge in [-0.25, -0.2) is 0 Å². The molecule has 5 rings (SSSR count). The third kappa shape index (κ3) is 3.11. The molecule has 0 aliphatic heterocycles. The van der Waals surface area contributed by atoms with Gasteiger partial charge in [0, 0.05) is 9.89 Å². The van der Waals surface area contributed by atoms with Crippen LogP contribution in [0.1, 0.15) is 64.4 Å². The zero-order valence-electron chi connectivity index (χ0n) is 17.6. The number of aliphatic hydroxyl groups is 2. The molecule has 0 unspecified atom stereocenters. The van der Waals surface area contributed by atoms with Crippen molar-refractivity contribution >= 4 is 22.0 Å². The first-order chi connectivity index (χ1) is 13.8. The molecule has 3 fully saturated rings. The Balaban J connectivity index is 1.47. The van der Waals surface area contributed by atoms with Crippen LogP contribution in [-0.2, 0) is 0 Å². The number of rotatable bonds is 1. The third-order valence-electron chi connectivity index (χ3n) is 9.15. The summed E-state index contributed by atoms with van der Waals surface area (Å²) in [6.45, 7) is 4.81. The van der Waals surface area contributed by atoms with E-state index in [2.05, 4.69) is 60.1 Å². The van der Waals surface area contributed by atoms with Crippen LogP contribution in [0.25, 0.3) is 6.08 Å². The molecule has 2 N–H and O–H groups in total. The van der Waals surface area contributed by atoms with Crippen LogP contribution < -0.4 is 0 Å². The maximum atomic E-state index is 11.4. The first-order valence-corrected chi connectivity index (χ1v) is 12.1. The predicted octanol–water partition coefficient (Wildman–Crippen LogP) is 6.13. The Kier molecular flexibility index (Phi) is 4.88. The molecule has 4 aliphatic rings. The Morgan fingerprint density at radius 1 is 1.07 bits per heavy atom. The first kappa shape index (κ1) is 20.0. The fourth-order valence-corrected chi connectivity index (χ4v) is 7.87. The standard InChI is InChI=1S/C26H33BrO2/c1-25-10-8-20(28)15-18(25)6-7-21-22(25)9-11-26(2)23(21)14-17(24(26)29)12-16-4-3-5-19(27)13-16/h3-6,12-13,20-24,28-29H,7-11,14-15H2,1-2H3/b17-12-/t20-,21-,22+,23+,24-,25-,26-/m0/s1. The normalized spacial score (nSPS) is 45.3. The summed E-state index contributed by atoms with van der Waals surface area (Å²) in [4.78, 5) is 0. The molecule has 0 bridgehead atoms. The van der Waals surface area contributed by atoms with Crippen molar-refractivity contribution in [2.75, 3.05) is 0 Å². The van der Waals surface area contributed by atoms with Gasteiger partial charge in [0.15, 0.2) is 0 Å².